The number of carbonyl (C=O) groups excluding carboxylic acids is 1. The van der Waals surface area contributed by atoms with Crippen molar-refractivity contribution in [2.24, 2.45) is 4.99 Å². The number of amides is 1. The number of benzene rings is 3. The van der Waals surface area contributed by atoms with Gasteiger partial charge in [-0.2, -0.15) is 0 Å². The van der Waals surface area contributed by atoms with Gasteiger partial charge in [-0.15, -0.1) is 0 Å². The Bertz CT molecular complexity index is 1320. The minimum absolute atomic E-state index is 0.102. The van der Waals surface area contributed by atoms with Crippen LogP contribution in [-0.4, -0.2) is 25.3 Å². The number of thioether (sulfide) groups is 1. The lowest BCUT2D eigenvalue weighted by molar-refractivity contribution is -0.113. The van der Waals surface area contributed by atoms with Crippen molar-refractivity contribution < 1.29 is 14.3 Å². The average molecular weight is 552 g/mol. The number of nitrogens with zero attached hydrogens (tertiary/aromatic N) is 2. The van der Waals surface area contributed by atoms with E-state index in [1.165, 1.54) is 11.8 Å². The first-order chi connectivity index (χ1) is 17.0. The minimum atomic E-state index is -0.102. The highest BCUT2D eigenvalue weighted by Crippen LogP contribution is 2.41. The Kier molecular flexibility index (Phi) is 7.98. The van der Waals surface area contributed by atoms with Crippen LogP contribution in [0.4, 0.5) is 11.4 Å². The predicted molar refractivity (Wildman–Crippen MR) is 149 cm³/mol. The molecule has 5 nitrogen and oxygen atoms in total. The highest BCUT2D eigenvalue weighted by atomic mass is 79.9. The zero-order valence-corrected chi connectivity index (χ0v) is 22.6. The number of amidine groups is 1. The van der Waals surface area contributed by atoms with E-state index in [9.17, 15) is 4.79 Å². The van der Waals surface area contributed by atoms with Crippen molar-refractivity contribution in [3.63, 3.8) is 0 Å². The molecule has 0 atom stereocenters. The highest BCUT2D eigenvalue weighted by molar-refractivity contribution is 9.10. The largest absolute Gasteiger partial charge is 0.493 e. The Balaban J connectivity index is 1.84. The third-order valence-electron chi connectivity index (χ3n) is 5.76. The van der Waals surface area contributed by atoms with Crippen LogP contribution >= 0.6 is 27.7 Å². The van der Waals surface area contributed by atoms with Crippen LogP contribution in [-0.2, 0) is 17.6 Å². The maximum absolute atomic E-state index is 13.8. The number of para-hydroxylation sites is 2. The van der Waals surface area contributed by atoms with Crippen LogP contribution < -0.4 is 14.4 Å². The lowest BCUT2D eigenvalue weighted by Gasteiger charge is -2.19. The molecule has 3 aromatic carbocycles. The van der Waals surface area contributed by atoms with Crippen LogP contribution in [0.2, 0.25) is 0 Å². The van der Waals surface area contributed by atoms with E-state index in [0.29, 0.717) is 21.6 Å². The lowest BCUT2D eigenvalue weighted by atomic mass is 10.1. The first kappa shape index (κ1) is 25.1. The van der Waals surface area contributed by atoms with Gasteiger partial charge in [-0.25, -0.2) is 4.99 Å². The maximum Gasteiger partial charge on any atom is 0.271 e. The van der Waals surface area contributed by atoms with Gasteiger partial charge >= 0.3 is 0 Å². The van der Waals surface area contributed by atoms with Crippen LogP contribution in [0.15, 0.2) is 75.0 Å². The first-order valence-corrected chi connectivity index (χ1v) is 13.0. The Morgan fingerprint density at radius 3 is 2.34 bits per heavy atom. The molecule has 1 aliphatic rings. The van der Waals surface area contributed by atoms with E-state index in [-0.39, 0.29) is 5.91 Å². The van der Waals surface area contributed by atoms with Crippen LogP contribution in [0.3, 0.4) is 0 Å². The molecule has 0 spiro atoms. The fourth-order valence-corrected chi connectivity index (χ4v) is 5.59. The number of hydrogen-bond donors (Lipinski definition) is 0. The van der Waals surface area contributed by atoms with Gasteiger partial charge in [-0.3, -0.25) is 9.69 Å². The summed E-state index contributed by atoms with van der Waals surface area (Å²) < 4.78 is 11.7. The normalized spacial score (nSPS) is 15.8. The third-order valence-corrected chi connectivity index (χ3v) is 7.32. The number of methoxy groups -OCH3 is 2. The van der Waals surface area contributed by atoms with Crippen molar-refractivity contribution in [3.8, 4) is 11.5 Å². The third kappa shape index (κ3) is 5.16. The molecule has 1 amide bonds. The van der Waals surface area contributed by atoms with E-state index in [1.54, 1.807) is 19.1 Å². The fraction of sp³-hybridized carbons (Fsp3) is 0.214. The molecule has 35 heavy (non-hydrogen) atoms. The van der Waals surface area contributed by atoms with Crippen molar-refractivity contribution in [2.45, 2.75) is 26.7 Å². The fourth-order valence-electron chi connectivity index (χ4n) is 3.98. The second-order valence-corrected chi connectivity index (χ2v) is 9.71. The molecule has 1 saturated heterocycles. The number of rotatable bonds is 7. The summed E-state index contributed by atoms with van der Waals surface area (Å²) in [6.07, 6.45) is 3.54. The lowest BCUT2D eigenvalue weighted by Crippen LogP contribution is -2.29. The predicted octanol–water partition coefficient (Wildman–Crippen LogP) is 7.40. The van der Waals surface area contributed by atoms with E-state index in [1.807, 2.05) is 54.6 Å². The van der Waals surface area contributed by atoms with Gasteiger partial charge in [0, 0.05) is 0 Å². The van der Waals surface area contributed by atoms with E-state index in [4.69, 9.17) is 14.5 Å². The summed E-state index contributed by atoms with van der Waals surface area (Å²) in [6, 6.07) is 19.8. The van der Waals surface area contributed by atoms with Crippen molar-refractivity contribution in [3.05, 3.63) is 86.7 Å². The maximum atomic E-state index is 13.8. The number of halogens is 1. The van der Waals surface area contributed by atoms with Crippen LogP contribution in [0, 0.1) is 0 Å². The smallest absolute Gasteiger partial charge is 0.271 e. The van der Waals surface area contributed by atoms with Gasteiger partial charge < -0.3 is 9.47 Å². The second kappa shape index (κ2) is 11.1. The summed E-state index contributed by atoms with van der Waals surface area (Å²) in [4.78, 5) is 21.1. The van der Waals surface area contributed by atoms with Crippen LogP contribution in [0.25, 0.3) is 6.08 Å². The minimum Gasteiger partial charge on any atom is -0.493 e. The number of hydrogen-bond acceptors (Lipinski definition) is 5. The molecule has 0 bridgehead atoms. The van der Waals surface area contributed by atoms with E-state index >= 15 is 0 Å². The second-order valence-electron chi connectivity index (χ2n) is 7.85. The summed E-state index contributed by atoms with van der Waals surface area (Å²) >= 11 is 4.92. The molecule has 0 aromatic heterocycles. The van der Waals surface area contributed by atoms with Crippen molar-refractivity contribution >= 4 is 56.2 Å². The Hall–Kier alpha value is -3.03. The molecular formula is C28H27BrN2O3S. The topological polar surface area (TPSA) is 51.1 Å². The zero-order valence-electron chi connectivity index (χ0n) is 20.2. The summed E-state index contributed by atoms with van der Waals surface area (Å²) in [6.45, 7) is 4.20. The molecule has 0 aliphatic carbocycles. The van der Waals surface area contributed by atoms with Gasteiger partial charge in [0.1, 0.15) is 0 Å². The summed E-state index contributed by atoms with van der Waals surface area (Å²) in [5, 5.41) is 0.641. The summed E-state index contributed by atoms with van der Waals surface area (Å²) in [7, 11) is 3.19. The molecule has 4 rings (SSSR count). The molecule has 0 unspecified atom stereocenters. The molecule has 3 aromatic rings. The molecule has 1 aliphatic heterocycles. The Morgan fingerprint density at radius 2 is 1.66 bits per heavy atom. The van der Waals surface area contributed by atoms with Crippen LogP contribution in [0.1, 0.15) is 30.5 Å². The van der Waals surface area contributed by atoms with Gasteiger partial charge in [0.05, 0.1) is 35.0 Å². The van der Waals surface area contributed by atoms with Gasteiger partial charge in [0.2, 0.25) is 0 Å². The molecular weight excluding hydrogens is 524 g/mol. The quantitative estimate of drug-likeness (QED) is 0.287. The van der Waals surface area contributed by atoms with Crippen LogP contribution in [0.5, 0.6) is 11.5 Å². The standard InChI is InChI=1S/C28H27BrN2O3S/c1-5-19-11-7-9-13-22(19)30-28-31(23-14-10-8-12-20(23)6-2)27(32)25(35-28)17-18-15-21(29)26(34-4)24(16-18)33-3/h7-17H,5-6H2,1-4H3/b25-17+,30-28?. The molecule has 0 saturated carbocycles. The van der Waals surface area contributed by atoms with Crippen molar-refractivity contribution in [1.29, 1.82) is 0 Å². The van der Waals surface area contributed by atoms with Crippen molar-refractivity contribution in [1.82, 2.24) is 0 Å². The molecule has 0 N–H and O–H groups in total. The highest BCUT2D eigenvalue weighted by Gasteiger charge is 2.36. The monoisotopic (exact) mass is 550 g/mol. The summed E-state index contributed by atoms with van der Waals surface area (Å²) in [5.41, 5.74) is 4.78. The van der Waals surface area contributed by atoms with E-state index in [2.05, 4.69) is 41.9 Å². The van der Waals surface area contributed by atoms with Crippen molar-refractivity contribution in [2.75, 3.05) is 19.1 Å². The number of aryl methyl sites for hydroxylation is 2. The van der Waals surface area contributed by atoms with Gasteiger partial charge in [0.15, 0.2) is 16.7 Å². The average Bonchev–Trinajstić information content (AvgIpc) is 3.17. The molecule has 7 heteroatoms. The molecule has 180 valence electrons. The molecule has 0 radical (unpaired) electrons. The Morgan fingerprint density at radius 1 is 0.971 bits per heavy atom. The molecule has 1 fully saturated rings. The SMILES string of the molecule is CCc1ccccc1N=C1S/C(=C/c2cc(Br)c(OC)c(OC)c2)C(=O)N1c1ccccc1CC. The number of anilines is 1. The number of carbonyl (C=O) groups is 1. The summed E-state index contributed by atoms with van der Waals surface area (Å²) in [5.74, 6) is 1.09. The zero-order chi connectivity index (χ0) is 24.9. The van der Waals surface area contributed by atoms with E-state index in [0.717, 1.165) is 45.4 Å². The number of ether oxygens (including phenoxy) is 2. The van der Waals surface area contributed by atoms with Gasteiger partial charge in [-0.05, 0) is 87.6 Å². The van der Waals surface area contributed by atoms with Gasteiger partial charge in [0.25, 0.3) is 5.91 Å². The van der Waals surface area contributed by atoms with E-state index < -0.39 is 0 Å². The molecule has 1 heterocycles. The number of aliphatic imine (C=N–C) groups is 1. The first-order valence-electron chi connectivity index (χ1n) is 11.4. The Labute approximate surface area is 219 Å². The van der Waals surface area contributed by atoms with Gasteiger partial charge in [-0.1, -0.05) is 50.2 Å².